The smallest absolute Gasteiger partial charge is 0.416 e. The van der Waals surface area contributed by atoms with E-state index >= 15 is 0 Å². The van der Waals surface area contributed by atoms with Gasteiger partial charge in [-0.05, 0) is 62.0 Å². The second kappa shape index (κ2) is 9.07. The molecule has 2 N–H and O–H groups in total. The highest BCUT2D eigenvalue weighted by Crippen LogP contribution is 2.38. The number of esters is 1. The molecule has 0 saturated carbocycles. The highest BCUT2D eigenvalue weighted by atomic mass is 32.1. The normalized spacial score (nSPS) is 16.6. The number of hydrogen-bond acceptors (Lipinski definition) is 5. The zero-order valence-electron chi connectivity index (χ0n) is 17.5. The number of carbonyl (C=O) groups excluding carboxylic acids is 1. The van der Waals surface area contributed by atoms with Crippen LogP contribution in [0.1, 0.15) is 31.0 Å². The molecule has 0 fully saturated rings. The Morgan fingerprint density at radius 3 is 2.59 bits per heavy atom. The first-order valence-corrected chi connectivity index (χ1v) is 10.0. The van der Waals surface area contributed by atoms with Gasteiger partial charge in [-0.25, -0.2) is 4.79 Å². The van der Waals surface area contributed by atoms with Gasteiger partial charge in [0.2, 0.25) is 0 Å². The van der Waals surface area contributed by atoms with Gasteiger partial charge in [0.15, 0.2) is 16.6 Å². The minimum Gasteiger partial charge on any atom is -0.504 e. The third-order valence-corrected chi connectivity index (χ3v) is 5.25. The molecule has 10 heteroatoms. The second-order valence-electron chi connectivity index (χ2n) is 6.92. The number of hydrogen-bond donors (Lipinski definition) is 2. The molecule has 0 saturated heterocycles. The van der Waals surface area contributed by atoms with Crippen LogP contribution in [0.5, 0.6) is 11.5 Å². The molecule has 0 aromatic heterocycles. The molecule has 0 bridgehead atoms. The summed E-state index contributed by atoms with van der Waals surface area (Å²) in [7, 11) is 1.39. The van der Waals surface area contributed by atoms with Crippen molar-refractivity contribution in [1.29, 1.82) is 0 Å². The standard InChI is InChI=1S/C22H21F3N2O4S/c1-4-31-20(29)18-12(2)27(15-7-5-6-14(11-15)22(23,24)25)21(32)26-19(18)13-8-9-16(28)17(10-13)30-3/h5-11,19,28H,4H2,1-3H3,(H,26,32). The van der Waals surface area contributed by atoms with Crippen LogP contribution in [-0.2, 0) is 15.7 Å². The van der Waals surface area contributed by atoms with Crippen molar-refractivity contribution in [1.82, 2.24) is 5.32 Å². The first-order valence-electron chi connectivity index (χ1n) is 9.61. The van der Waals surface area contributed by atoms with Crippen LogP contribution in [0, 0.1) is 0 Å². The van der Waals surface area contributed by atoms with E-state index in [0.29, 0.717) is 11.3 Å². The maximum absolute atomic E-state index is 13.2. The van der Waals surface area contributed by atoms with Crippen LogP contribution in [-0.4, -0.2) is 29.9 Å². The van der Waals surface area contributed by atoms with E-state index in [1.54, 1.807) is 26.0 Å². The fourth-order valence-corrected chi connectivity index (χ4v) is 3.83. The Labute approximate surface area is 188 Å². The lowest BCUT2D eigenvalue weighted by atomic mass is 9.94. The molecule has 3 rings (SSSR count). The van der Waals surface area contributed by atoms with Crippen LogP contribution < -0.4 is 15.0 Å². The minimum absolute atomic E-state index is 0.0846. The van der Waals surface area contributed by atoms with Gasteiger partial charge in [-0.15, -0.1) is 0 Å². The number of rotatable bonds is 5. The molecular formula is C22H21F3N2O4S. The summed E-state index contributed by atoms with van der Waals surface area (Å²) in [6, 6.07) is 8.44. The van der Waals surface area contributed by atoms with Crippen LogP contribution in [0.3, 0.4) is 0 Å². The topological polar surface area (TPSA) is 71.0 Å². The number of anilines is 1. The van der Waals surface area contributed by atoms with E-state index in [1.165, 1.54) is 30.2 Å². The van der Waals surface area contributed by atoms with E-state index in [9.17, 15) is 23.1 Å². The molecule has 1 aliphatic heterocycles. The van der Waals surface area contributed by atoms with E-state index < -0.39 is 23.8 Å². The Balaban J connectivity index is 2.16. The lowest BCUT2D eigenvalue weighted by molar-refractivity contribution is -0.139. The van der Waals surface area contributed by atoms with E-state index in [4.69, 9.17) is 21.7 Å². The van der Waals surface area contributed by atoms with Crippen molar-refractivity contribution < 1.29 is 32.5 Å². The van der Waals surface area contributed by atoms with Gasteiger partial charge < -0.3 is 19.9 Å². The summed E-state index contributed by atoms with van der Waals surface area (Å²) >= 11 is 5.46. The SMILES string of the molecule is CCOC(=O)C1=C(C)N(c2cccc(C(F)(F)F)c2)C(=S)NC1c1ccc(O)c(OC)c1. The summed E-state index contributed by atoms with van der Waals surface area (Å²) in [6.45, 7) is 3.34. The summed E-state index contributed by atoms with van der Waals surface area (Å²) < 4.78 is 50.1. The number of alkyl halides is 3. The number of carbonyl (C=O) groups is 1. The summed E-state index contributed by atoms with van der Waals surface area (Å²) in [5.41, 5.74) is 0.356. The van der Waals surface area contributed by atoms with E-state index in [-0.39, 0.29) is 34.5 Å². The van der Waals surface area contributed by atoms with Crippen LogP contribution in [0.2, 0.25) is 0 Å². The number of phenolic OH excluding ortho intramolecular Hbond substituents is 1. The monoisotopic (exact) mass is 466 g/mol. The number of aromatic hydroxyl groups is 1. The molecule has 1 aliphatic rings. The lowest BCUT2D eigenvalue weighted by Gasteiger charge is -2.37. The Bertz CT molecular complexity index is 1090. The summed E-state index contributed by atoms with van der Waals surface area (Å²) in [5.74, 6) is -0.538. The number of benzene rings is 2. The first kappa shape index (κ1) is 23.4. The Hall–Kier alpha value is -3.27. The summed E-state index contributed by atoms with van der Waals surface area (Å²) in [6.07, 6.45) is -4.53. The third-order valence-electron chi connectivity index (χ3n) is 4.95. The quantitative estimate of drug-likeness (QED) is 0.489. The molecule has 0 radical (unpaired) electrons. The molecule has 0 aliphatic carbocycles. The summed E-state index contributed by atoms with van der Waals surface area (Å²) in [4.78, 5) is 14.2. The largest absolute Gasteiger partial charge is 0.504 e. The fourth-order valence-electron chi connectivity index (χ4n) is 3.47. The summed E-state index contributed by atoms with van der Waals surface area (Å²) in [5, 5.41) is 13.0. The molecule has 2 aromatic rings. The van der Waals surface area contributed by atoms with E-state index in [0.717, 1.165) is 12.1 Å². The first-order chi connectivity index (χ1) is 15.1. The number of thiocarbonyl (C=S) groups is 1. The number of halogens is 3. The molecule has 32 heavy (non-hydrogen) atoms. The molecule has 1 atom stereocenters. The number of allylic oxidation sites excluding steroid dienone is 1. The minimum atomic E-state index is -4.53. The Kier molecular flexibility index (Phi) is 6.63. The Morgan fingerprint density at radius 2 is 1.97 bits per heavy atom. The molecule has 1 unspecified atom stereocenters. The van der Waals surface area contributed by atoms with Crippen molar-refractivity contribution in [3.05, 3.63) is 64.9 Å². The number of phenols is 1. The molecule has 170 valence electrons. The van der Waals surface area contributed by atoms with E-state index in [2.05, 4.69) is 5.32 Å². The predicted octanol–water partition coefficient (Wildman–Crippen LogP) is 4.69. The van der Waals surface area contributed by atoms with Crippen molar-refractivity contribution in [2.45, 2.75) is 26.1 Å². The Morgan fingerprint density at radius 1 is 1.25 bits per heavy atom. The van der Waals surface area contributed by atoms with Gasteiger partial charge in [0, 0.05) is 11.4 Å². The van der Waals surface area contributed by atoms with Gasteiger partial charge in [0.1, 0.15) is 0 Å². The highest BCUT2D eigenvalue weighted by Gasteiger charge is 2.37. The number of methoxy groups -OCH3 is 1. The van der Waals surface area contributed by atoms with E-state index in [1.807, 2.05) is 0 Å². The molecule has 2 aromatic carbocycles. The van der Waals surface area contributed by atoms with Crippen molar-refractivity contribution in [2.24, 2.45) is 0 Å². The highest BCUT2D eigenvalue weighted by molar-refractivity contribution is 7.80. The molecule has 0 amide bonds. The van der Waals surface area contributed by atoms with Crippen LogP contribution >= 0.6 is 12.2 Å². The lowest BCUT2D eigenvalue weighted by Crippen LogP contribution is -2.48. The van der Waals surface area contributed by atoms with Crippen LogP contribution in [0.15, 0.2) is 53.7 Å². The maximum Gasteiger partial charge on any atom is 0.416 e. The van der Waals surface area contributed by atoms with Crippen molar-refractivity contribution in [3.63, 3.8) is 0 Å². The van der Waals surface area contributed by atoms with Gasteiger partial charge in [-0.3, -0.25) is 4.90 Å². The molecular weight excluding hydrogens is 445 g/mol. The van der Waals surface area contributed by atoms with Gasteiger partial charge in [-0.2, -0.15) is 13.2 Å². The molecule has 1 heterocycles. The predicted molar refractivity (Wildman–Crippen MR) is 116 cm³/mol. The molecule has 6 nitrogen and oxygen atoms in total. The number of nitrogens with one attached hydrogen (secondary N) is 1. The van der Waals surface area contributed by atoms with Gasteiger partial charge >= 0.3 is 12.1 Å². The fraction of sp³-hybridized carbons (Fsp3) is 0.273. The number of ether oxygens (including phenoxy) is 2. The van der Waals surface area contributed by atoms with Gasteiger partial charge in [0.25, 0.3) is 0 Å². The van der Waals surface area contributed by atoms with Crippen molar-refractivity contribution >= 4 is 29.0 Å². The maximum atomic E-state index is 13.2. The van der Waals surface area contributed by atoms with Crippen LogP contribution in [0.4, 0.5) is 18.9 Å². The van der Waals surface area contributed by atoms with Gasteiger partial charge in [-0.1, -0.05) is 12.1 Å². The van der Waals surface area contributed by atoms with Gasteiger partial charge in [0.05, 0.1) is 30.9 Å². The van der Waals surface area contributed by atoms with Crippen molar-refractivity contribution in [2.75, 3.05) is 18.6 Å². The van der Waals surface area contributed by atoms with Crippen molar-refractivity contribution in [3.8, 4) is 11.5 Å². The average Bonchev–Trinajstić information content (AvgIpc) is 2.73. The zero-order chi connectivity index (χ0) is 23.6. The van der Waals surface area contributed by atoms with Crippen LogP contribution in [0.25, 0.3) is 0 Å². The second-order valence-corrected chi connectivity index (χ2v) is 7.30. The average molecular weight is 466 g/mol. The zero-order valence-corrected chi connectivity index (χ0v) is 18.3. The number of nitrogens with zero attached hydrogens (tertiary/aromatic N) is 1. The molecule has 0 spiro atoms. The third kappa shape index (κ3) is 4.50.